The van der Waals surface area contributed by atoms with Gasteiger partial charge in [0.15, 0.2) is 0 Å². The van der Waals surface area contributed by atoms with Crippen molar-refractivity contribution in [3.63, 3.8) is 0 Å². The van der Waals surface area contributed by atoms with E-state index < -0.39 is 0 Å². The summed E-state index contributed by atoms with van der Waals surface area (Å²) in [6.07, 6.45) is 2.09. The fraction of sp³-hybridized carbons (Fsp3) is 0.111. The molecule has 0 atom stereocenters. The zero-order chi connectivity index (χ0) is 14.6. The fourth-order valence-electron chi connectivity index (χ4n) is 3.03. The van der Waals surface area contributed by atoms with Gasteiger partial charge in [0.25, 0.3) is 0 Å². The minimum absolute atomic E-state index is 0.759. The highest BCUT2D eigenvalue weighted by atomic mass is 35.5. The first-order valence-corrected chi connectivity index (χ1v) is 7.31. The first-order chi connectivity index (χ1) is 10.1. The van der Waals surface area contributed by atoms with Crippen LogP contribution in [0.25, 0.3) is 16.6 Å². The molecular weight excluding hydrogens is 280 g/mol. The maximum absolute atomic E-state index is 6.10. The van der Waals surface area contributed by atoms with Gasteiger partial charge in [0.1, 0.15) is 0 Å². The molecule has 0 fully saturated rings. The lowest BCUT2D eigenvalue weighted by molar-refractivity contribution is 0.967. The zero-order valence-electron chi connectivity index (χ0n) is 11.8. The van der Waals surface area contributed by atoms with Gasteiger partial charge in [-0.25, -0.2) is 0 Å². The fourth-order valence-corrected chi connectivity index (χ4v) is 3.20. The number of fused-ring (bicyclic) bond motifs is 2. The van der Waals surface area contributed by atoms with E-state index in [4.69, 9.17) is 11.6 Å². The van der Waals surface area contributed by atoms with Crippen molar-refractivity contribution in [2.75, 3.05) is 4.90 Å². The summed E-state index contributed by atoms with van der Waals surface area (Å²) in [6, 6.07) is 14.7. The molecule has 2 nitrogen and oxygen atoms in total. The van der Waals surface area contributed by atoms with Crippen LogP contribution in [0.5, 0.6) is 0 Å². The molecule has 3 aromatic rings. The van der Waals surface area contributed by atoms with E-state index >= 15 is 0 Å². The van der Waals surface area contributed by atoms with Gasteiger partial charge < -0.3 is 9.47 Å². The molecule has 1 aromatic heterocycles. The molecule has 4 rings (SSSR count). The molecule has 0 spiro atoms. The third-order valence-corrected chi connectivity index (χ3v) is 4.46. The summed E-state index contributed by atoms with van der Waals surface area (Å²) in [6.45, 7) is 5.09. The number of nitrogens with zero attached hydrogens (tertiary/aromatic N) is 2. The average molecular weight is 295 g/mol. The van der Waals surface area contributed by atoms with Crippen molar-refractivity contribution in [2.45, 2.75) is 6.54 Å². The lowest BCUT2D eigenvalue weighted by atomic mass is 10.1. The zero-order valence-corrected chi connectivity index (χ0v) is 12.6. The van der Waals surface area contributed by atoms with E-state index in [1.54, 1.807) is 0 Å². The highest BCUT2D eigenvalue weighted by molar-refractivity contribution is 6.30. The molecule has 0 saturated carbocycles. The summed E-state index contributed by atoms with van der Waals surface area (Å²) in [5, 5.41) is 2.02. The molecule has 104 valence electrons. The second-order valence-electron chi connectivity index (χ2n) is 5.50. The van der Waals surface area contributed by atoms with Gasteiger partial charge in [-0.3, -0.25) is 0 Å². The number of anilines is 1. The van der Waals surface area contributed by atoms with Crippen LogP contribution < -0.4 is 4.90 Å². The predicted octanol–water partition coefficient (Wildman–Crippen LogP) is 4.82. The number of hydrogen-bond acceptors (Lipinski definition) is 1. The second kappa shape index (κ2) is 4.40. The Morgan fingerprint density at radius 1 is 1.10 bits per heavy atom. The lowest BCUT2D eigenvalue weighted by Crippen LogP contribution is -2.12. The van der Waals surface area contributed by atoms with Gasteiger partial charge in [0.05, 0.1) is 0 Å². The van der Waals surface area contributed by atoms with Crippen molar-refractivity contribution in [1.29, 1.82) is 0 Å². The van der Waals surface area contributed by atoms with Crippen LogP contribution in [0.4, 0.5) is 5.69 Å². The third kappa shape index (κ3) is 1.87. The first-order valence-electron chi connectivity index (χ1n) is 6.94. The maximum atomic E-state index is 6.10. The molecule has 21 heavy (non-hydrogen) atoms. The van der Waals surface area contributed by atoms with E-state index in [9.17, 15) is 0 Å². The van der Waals surface area contributed by atoms with Crippen LogP contribution in [0.2, 0.25) is 5.02 Å². The van der Waals surface area contributed by atoms with Gasteiger partial charge in [-0.2, -0.15) is 0 Å². The molecule has 3 heteroatoms. The molecule has 1 aliphatic rings. The first kappa shape index (κ1) is 12.5. The Hall–Kier alpha value is -2.19. The molecule has 2 aromatic carbocycles. The Kier molecular flexibility index (Phi) is 2.63. The summed E-state index contributed by atoms with van der Waals surface area (Å²) in [7, 11) is 2.07. The van der Waals surface area contributed by atoms with Gasteiger partial charge >= 0.3 is 0 Å². The van der Waals surface area contributed by atoms with Crippen molar-refractivity contribution in [2.24, 2.45) is 7.05 Å². The Morgan fingerprint density at radius 3 is 2.81 bits per heavy atom. The van der Waals surface area contributed by atoms with Gasteiger partial charge in [-0.05, 0) is 41.3 Å². The minimum Gasteiger partial charge on any atom is -0.350 e. The number of hydrogen-bond donors (Lipinski definition) is 0. The molecule has 0 aliphatic carbocycles. The SMILES string of the molecule is C=C1c2cc(Cl)ccc2CN1c1ccc2ccn(C)c2c1. The highest BCUT2D eigenvalue weighted by Crippen LogP contribution is 2.37. The molecule has 2 heterocycles. The van der Waals surface area contributed by atoms with E-state index in [1.807, 2.05) is 12.1 Å². The molecular formula is C18H15ClN2. The van der Waals surface area contributed by atoms with Crippen LogP contribution in [0.1, 0.15) is 11.1 Å². The molecule has 0 unspecified atom stereocenters. The molecule has 0 N–H and O–H groups in total. The normalized spacial score (nSPS) is 14.0. The van der Waals surface area contributed by atoms with E-state index in [0.29, 0.717) is 0 Å². The standard InChI is InChI=1S/C18H15ClN2/c1-12-17-9-15(19)5-3-14(17)11-21(12)16-6-4-13-7-8-20(2)18(13)10-16/h3-10H,1,11H2,2H3. The van der Waals surface area contributed by atoms with E-state index in [0.717, 1.165) is 22.8 Å². The van der Waals surface area contributed by atoms with Crippen molar-refractivity contribution in [3.8, 4) is 0 Å². The maximum Gasteiger partial charge on any atom is 0.0498 e. The molecule has 0 amide bonds. The van der Waals surface area contributed by atoms with Crippen molar-refractivity contribution < 1.29 is 0 Å². The smallest absolute Gasteiger partial charge is 0.0498 e. The van der Waals surface area contributed by atoms with Crippen LogP contribution >= 0.6 is 11.6 Å². The topological polar surface area (TPSA) is 8.17 Å². The Morgan fingerprint density at radius 2 is 1.95 bits per heavy atom. The number of benzene rings is 2. The van der Waals surface area contributed by atoms with Crippen molar-refractivity contribution in [1.82, 2.24) is 4.57 Å². The minimum atomic E-state index is 0.759. The van der Waals surface area contributed by atoms with E-state index in [-0.39, 0.29) is 0 Å². The van der Waals surface area contributed by atoms with Gasteiger partial charge in [0, 0.05) is 47.3 Å². The highest BCUT2D eigenvalue weighted by Gasteiger charge is 2.23. The molecule has 1 aliphatic heterocycles. The number of rotatable bonds is 1. The number of aryl methyl sites for hydroxylation is 1. The molecule has 0 radical (unpaired) electrons. The second-order valence-corrected chi connectivity index (χ2v) is 5.94. The summed E-state index contributed by atoms with van der Waals surface area (Å²) in [5.74, 6) is 0. The Labute approximate surface area is 128 Å². The third-order valence-electron chi connectivity index (χ3n) is 4.22. The summed E-state index contributed by atoms with van der Waals surface area (Å²) < 4.78 is 2.14. The quantitative estimate of drug-likeness (QED) is 0.624. The Balaban J connectivity index is 1.80. The number of aromatic nitrogens is 1. The monoisotopic (exact) mass is 294 g/mol. The van der Waals surface area contributed by atoms with Crippen LogP contribution in [0.3, 0.4) is 0 Å². The molecule has 0 saturated heterocycles. The summed E-state index contributed by atoms with van der Waals surface area (Å²) in [5.41, 5.74) is 5.84. The number of halogens is 1. The molecule has 0 bridgehead atoms. The van der Waals surface area contributed by atoms with Gasteiger partial charge in [-0.15, -0.1) is 0 Å². The largest absolute Gasteiger partial charge is 0.350 e. The van der Waals surface area contributed by atoms with Crippen molar-refractivity contribution in [3.05, 3.63) is 71.4 Å². The Bertz CT molecular complexity index is 876. The van der Waals surface area contributed by atoms with Crippen LogP contribution in [-0.2, 0) is 13.6 Å². The van der Waals surface area contributed by atoms with Crippen LogP contribution in [-0.4, -0.2) is 4.57 Å². The van der Waals surface area contributed by atoms with Crippen LogP contribution in [0.15, 0.2) is 55.2 Å². The van der Waals surface area contributed by atoms with Gasteiger partial charge in [-0.1, -0.05) is 30.3 Å². The van der Waals surface area contributed by atoms with Crippen molar-refractivity contribution >= 4 is 33.9 Å². The summed E-state index contributed by atoms with van der Waals surface area (Å²) >= 11 is 6.10. The van der Waals surface area contributed by atoms with Gasteiger partial charge in [0.2, 0.25) is 0 Å². The lowest BCUT2D eigenvalue weighted by Gasteiger charge is -2.20. The average Bonchev–Trinajstić information content (AvgIpc) is 3.01. The van der Waals surface area contributed by atoms with E-state index in [1.165, 1.54) is 22.2 Å². The van der Waals surface area contributed by atoms with Crippen LogP contribution in [0, 0.1) is 0 Å². The van der Waals surface area contributed by atoms with E-state index in [2.05, 4.69) is 59.6 Å². The summed E-state index contributed by atoms with van der Waals surface area (Å²) in [4.78, 5) is 2.24. The predicted molar refractivity (Wildman–Crippen MR) is 89.6 cm³/mol.